The van der Waals surface area contributed by atoms with E-state index >= 15 is 0 Å². The van der Waals surface area contributed by atoms with Crippen molar-refractivity contribution in [3.63, 3.8) is 0 Å². The molecule has 0 bridgehead atoms. The van der Waals surface area contributed by atoms with Crippen LogP contribution in [0.1, 0.15) is 11.1 Å². The molecule has 2 aliphatic rings. The minimum absolute atomic E-state index is 0. The second-order valence-corrected chi connectivity index (χ2v) is 18.4. The largest absolute Gasteiger partial charge is 6.00 e. The van der Waals surface area contributed by atoms with E-state index in [1.54, 1.807) is 19.6 Å². The Morgan fingerprint density at radius 2 is 0.720 bits per heavy atom. The smallest absolute Gasteiger partial charge is 0.778 e. The van der Waals surface area contributed by atoms with E-state index in [9.17, 15) is 57.4 Å². The summed E-state index contributed by atoms with van der Waals surface area (Å²) in [5.41, 5.74) is 1.87. The molecule has 0 aliphatic carbocycles. The average molecular weight is 882 g/mol. The van der Waals surface area contributed by atoms with E-state index in [4.69, 9.17) is 0 Å². The summed E-state index contributed by atoms with van der Waals surface area (Å²) in [5, 5.41) is 0. The van der Waals surface area contributed by atoms with Gasteiger partial charge in [0.05, 0.1) is 12.6 Å². The van der Waals surface area contributed by atoms with Crippen LogP contribution in [0.3, 0.4) is 0 Å². The van der Waals surface area contributed by atoms with E-state index in [0.717, 1.165) is 11.1 Å². The Balaban J connectivity index is 0. The van der Waals surface area contributed by atoms with E-state index < -0.39 is 55.5 Å². The Morgan fingerprint density at radius 1 is 0.480 bits per heavy atom. The molecule has 2 atom stereocenters. The fourth-order valence-electron chi connectivity index (χ4n) is 5.62. The fraction of sp³-hybridized carbons (Fsp3) is 0.750. The molecule has 0 amide bonds. The number of rotatable bonds is 12. The molecule has 286 valence electrons. The first-order valence-electron chi connectivity index (χ1n) is 14.8. The molecule has 2 heterocycles. The summed E-state index contributed by atoms with van der Waals surface area (Å²) in [6.07, 6.45) is -2.07. The van der Waals surface area contributed by atoms with Crippen molar-refractivity contribution >= 4 is 30.4 Å². The summed E-state index contributed by atoms with van der Waals surface area (Å²) < 4.78 is 46.6. The van der Waals surface area contributed by atoms with Crippen LogP contribution in [0.4, 0.5) is 0 Å². The zero-order valence-electron chi connectivity index (χ0n) is 27.3. The molecule has 2 aliphatic heterocycles. The van der Waals surface area contributed by atoms with E-state index in [0.29, 0.717) is 65.4 Å². The molecule has 10 N–H and O–H groups in total. The molecule has 1 aromatic rings. The Hall–Kier alpha value is 0.539. The SMILES string of the molecule is O.O.O=P([O-])(O)CN1CCN(Cc2cccc(CN3CCN(CP(=O)([O-])O)CCN(CP(=O)(O)O)CC3)c2)CCN(CP(=O)(O)O)CC1.[Fe+6].[Fe+6]. The van der Waals surface area contributed by atoms with Gasteiger partial charge < -0.3 is 59.2 Å². The first-order valence-corrected chi connectivity index (χ1v) is 21.9. The van der Waals surface area contributed by atoms with Gasteiger partial charge in [-0.25, -0.2) is 0 Å². The van der Waals surface area contributed by atoms with Gasteiger partial charge in [0, 0.05) is 91.6 Å². The van der Waals surface area contributed by atoms with Crippen molar-refractivity contribution in [1.29, 1.82) is 0 Å². The molecule has 0 spiro atoms. The normalized spacial score (nSPS) is 21.4. The second kappa shape index (κ2) is 23.5. The first kappa shape index (κ1) is 52.6. The molecule has 0 aromatic heterocycles. The third-order valence-corrected chi connectivity index (χ3v) is 10.8. The van der Waals surface area contributed by atoms with Crippen LogP contribution in [0.5, 0.6) is 0 Å². The number of nitrogens with zero attached hydrogens (tertiary/aromatic N) is 6. The first-order chi connectivity index (χ1) is 21.2. The maximum Gasteiger partial charge on any atom is 6.00 e. The molecule has 2 saturated heterocycles. The van der Waals surface area contributed by atoms with Crippen LogP contribution in [-0.2, 0) is 65.5 Å². The molecule has 2 unspecified atom stereocenters. The quantitative estimate of drug-likeness (QED) is 0.0865. The zero-order chi connectivity index (χ0) is 34.2. The summed E-state index contributed by atoms with van der Waals surface area (Å²) >= 11 is 0. The van der Waals surface area contributed by atoms with Crippen molar-refractivity contribution in [3.05, 3.63) is 35.4 Å². The van der Waals surface area contributed by atoms with Gasteiger partial charge in [-0.15, -0.1) is 0 Å². The molecular weight excluding hydrogens is 832 g/mol. The third kappa shape index (κ3) is 23.4. The number of benzene rings is 1. The van der Waals surface area contributed by atoms with Crippen molar-refractivity contribution < 1.29 is 102 Å². The van der Waals surface area contributed by atoms with Crippen molar-refractivity contribution in [2.24, 2.45) is 0 Å². The minimum atomic E-state index is -4.60. The molecule has 50 heavy (non-hydrogen) atoms. The van der Waals surface area contributed by atoms with Crippen LogP contribution >= 0.6 is 30.4 Å². The number of hydrogen-bond donors (Lipinski definition) is 6. The average Bonchev–Trinajstić information content (AvgIpc) is 3.02. The van der Waals surface area contributed by atoms with Crippen LogP contribution in [0.2, 0.25) is 0 Å². The van der Waals surface area contributed by atoms with Gasteiger partial charge in [-0.05, 0) is 11.1 Å². The van der Waals surface area contributed by atoms with Crippen LogP contribution in [0, 0.1) is 0 Å². The van der Waals surface area contributed by atoms with Crippen molar-refractivity contribution in [2.75, 3.05) is 104 Å². The monoisotopic (exact) mass is 882 g/mol. The molecule has 3 rings (SSSR count). The maximum atomic E-state index is 11.7. The Morgan fingerprint density at radius 3 is 0.960 bits per heavy atom. The third-order valence-electron chi connectivity index (χ3n) is 7.72. The van der Waals surface area contributed by atoms with Gasteiger partial charge in [-0.1, -0.05) is 24.3 Å². The fourth-order valence-corrected chi connectivity index (χ4v) is 8.80. The molecule has 2 fully saturated rings. The maximum absolute atomic E-state index is 11.7. The van der Waals surface area contributed by atoms with Gasteiger partial charge in [-0.3, -0.25) is 38.5 Å². The van der Waals surface area contributed by atoms with Crippen molar-refractivity contribution in [3.8, 4) is 0 Å². The molecule has 1 aromatic carbocycles. The van der Waals surface area contributed by atoms with Crippen molar-refractivity contribution in [1.82, 2.24) is 29.4 Å². The molecule has 26 heteroatoms. The molecular formula is C24H50Fe2N6O14P4+10. The topological polar surface area (TPSA) is 318 Å². The van der Waals surface area contributed by atoms with E-state index in [1.807, 2.05) is 34.1 Å². The zero-order valence-corrected chi connectivity index (χ0v) is 33.1. The Labute approximate surface area is 313 Å². The van der Waals surface area contributed by atoms with Gasteiger partial charge in [0.1, 0.15) is 27.8 Å². The van der Waals surface area contributed by atoms with Gasteiger partial charge in [0.15, 0.2) is 0 Å². The van der Waals surface area contributed by atoms with Crippen LogP contribution in [0.15, 0.2) is 24.3 Å². The van der Waals surface area contributed by atoms with Crippen LogP contribution < -0.4 is 9.79 Å². The summed E-state index contributed by atoms with van der Waals surface area (Å²) in [6, 6.07) is 7.73. The number of hydrogen-bond acceptors (Lipinski definition) is 12. The van der Waals surface area contributed by atoms with Crippen molar-refractivity contribution in [2.45, 2.75) is 13.1 Å². The van der Waals surface area contributed by atoms with Gasteiger partial charge >= 0.3 is 49.3 Å². The second-order valence-electron chi connectivity index (χ2n) is 12.0. The molecule has 0 radical (unpaired) electrons. The van der Waals surface area contributed by atoms with Gasteiger partial charge in [-0.2, -0.15) is 0 Å². The van der Waals surface area contributed by atoms with Gasteiger partial charge in [0.2, 0.25) is 0 Å². The Bertz CT molecular complexity index is 1160. The molecule has 20 nitrogen and oxygen atoms in total. The van der Waals surface area contributed by atoms with E-state index in [1.165, 1.54) is 0 Å². The molecule has 0 saturated carbocycles. The standard InChI is InChI=1S/C24H48N6O12P4.2Fe.2H2O/c31-43(32,33)19-27-8-4-25(5-9-28(13-12-27)20-44(34,35)36)17-23-2-1-3-24(16-23)18-26-6-10-29(21-45(37,38)39)14-15-30(11-7-26)22-46(40,41)42;;;;/h1-3,16H,4-15,17-22H2,(H2,31,32,33)(H2,34,35,36)(H2,37,38,39)(H2,40,41,42);;;2*1H2/q;2*+6;;/p-2. The summed E-state index contributed by atoms with van der Waals surface area (Å²) in [5.74, 6) is 0. The predicted molar refractivity (Wildman–Crippen MR) is 174 cm³/mol. The van der Waals surface area contributed by atoms with E-state index in [2.05, 4.69) is 0 Å². The minimum Gasteiger partial charge on any atom is -0.778 e. The summed E-state index contributed by atoms with van der Waals surface area (Å²) in [6.45, 7) is 4.88. The predicted octanol–water partition coefficient (Wildman–Crippen LogP) is -3.85. The van der Waals surface area contributed by atoms with Gasteiger partial charge in [0.25, 0.3) is 0 Å². The van der Waals surface area contributed by atoms with E-state index in [-0.39, 0.29) is 71.3 Å². The Kier molecular flexibility index (Phi) is 24.7. The van der Waals surface area contributed by atoms with Crippen LogP contribution in [0.25, 0.3) is 0 Å². The summed E-state index contributed by atoms with van der Waals surface area (Å²) in [7, 11) is -17.9. The van der Waals surface area contributed by atoms with Crippen LogP contribution in [-0.4, -0.2) is 173 Å². The summed E-state index contributed by atoms with van der Waals surface area (Å²) in [4.78, 5) is 90.5.